The topological polar surface area (TPSA) is 60.5 Å². The number of benzene rings is 2. The number of hydrogen-bond acceptors (Lipinski definition) is 5. The average Bonchev–Trinajstić information content (AvgIpc) is 3.09. The minimum Gasteiger partial charge on any atom is -0.491 e. The van der Waals surface area contributed by atoms with Gasteiger partial charge in [-0.05, 0) is 72.2 Å². The van der Waals surface area contributed by atoms with Gasteiger partial charge in [0.05, 0.1) is 16.3 Å². The first-order valence-corrected chi connectivity index (χ1v) is 10.6. The highest BCUT2D eigenvalue weighted by atomic mass is 79.9. The van der Waals surface area contributed by atoms with Crippen LogP contribution in [0.3, 0.4) is 0 Å². The van der Waals surface area contributed by atoms with E-state index in [1.807, 2.05) is 43.5 Å². The zero-order chi connectivity index (χ0) is 20.1. The molecule has 0 bridgehead atoms. The van der Waals surface area contributed by atoms with Gasteiger partial charge in [0.25, 0.3) is 5.91 Å². The highest BCUT2D eigenvalue weighted by molar-refractivity contribution is 9.10. The number of ether oxygens (including phenoxy) is 2. The molecule has 1 aromatic heterocycles. The quantitative estimate of drug-likeness (QED) is 0.447. The summed E-state index contributed by atoms with van der Waals surface area (Å²) in [7, 11) is 0. The van der Waals surface area contributed by atoms with Crippen molar-refractivity contribution >= 4 is 49.9 Å². The molecule has 0 saturated carbocycles. The van der Waals surface area contributed by atoms with Gasteiger partial charge in [-0.25, -0.2) is 4.98 Å². The van der Waals surface area contributed by atoms with Crippen molar-refractivity contribution in [2.24, 2.45) is 0 Å². The lowest BCUT2D eigenvalue weighted by Crippen LogP contribution is -2.20. The van der Waals surface area contributed by atoms with Crippen molar-refractivity contribution in [1.29, 1.82) is 0 Å². The van der Waals surface area contributed by atoms with E-state index in [9.17, 15) is 4.79 Å². The van der Waals surface area contributed by atoms with Crippen LogP contribution in [0.2, 0.25) is 5.02 Å². The van der Waals surface area contributed by atoms with Crippen LogP contribution in [0, 0.1) is 0 Å². The van der Waals surface area contributed by atoms with Gasteiger partial charge in [0.2, 0.25) is 0 Å². The molecule has 1 N–H and O–H groups in total. The maximum absolute atomic E-state index is 12.1. The molecule has 0 aliphatic carbocycles. The third-order valence-corrected chi connectivity index (χ3v) is 5.14. The van der Waals surface area contributed by atoms with Crippen LogP contribution in [0.1, 0.15) is 13.8 Å². The summed E-state index contributed by atoms with van der Waals surface area (Å²) in [5.41, 5.74) is 1.74. The molecule has 146 valence electrons. The number of thiazole rings is 1. The van der Waals surface area contributed by atoms with Gasteiger partial charge >= 0.3 is 0 Å². The van der Waals surface area contributed by atoms with E-state index < -0.39 is 0 Å². The van der Waals surface area contributed by atoms with Gasteiger partial charge in [-0.1, -0.05) is 11.6 Å². The van der Waals surface area contributed by atoms with Crippen molar-refractivity contribution in [3.8, 4) is 22.8 Å². The molecule has 1 heterocycles. The van der Waals surface area contributed by atoms with E-state index in [0.29, 0.717) is 20.4 Å². The number of halogens is 2. The molecule has 2 aromatic carbocycles. The maximum atomic E-state index is 12.1. The summed E-state index contributed by atoms with van der Waals surface area (Å²) in [5.74, 6) is 1.07. The van der Waals surface area contributed by atoms with Crippen molar-refractivity contribution in [2.45, 2.75) is 20.0 Å². The van der Waals surface area contributed by atoms with E-state index in [1.165, 1.54) is 11.3 Å². The number of hydrogen-bond donors (Lipinski definition) is 1. The van der Waals surface area contributed by atoms with Crippen LogP contribution in [-0.2, 0) is 4.79 Å². The largest absolute Gasteiger partial charge is 0.491 e. The summed E-state index contributed by atoms with van der Waals surface area (Å²) >= 11 is 10.6. The number of carbonyl (C=O) groups excluding carboxylic acids is 1. The van der Waals surface area contributed by atoms with Crippen molar-refractivity contribution < 1.29 is 14.3 Å². The van der Waals surface area contributed by atoms with Crippen LogP contribution in [0.4, 0.5) is 5.13 Å². The number of nitrogens with one attached hydrogen (secondary N) is 1. The SMILES string of the molecule is CC(C)Oc1ccc(-c2csc(NC(=O)COc3ccc(Cl)cc3Br)n2)cc1. The molecular formula is C20H18BrClN2O3S. The highest BCUT2D eigenvalue weighted by Gasteiger charge is 2.10. The summed E-state index contributed by atoms with van der Waals surface area (Å²) in [4.78, 5) is 16.6. The second-order valence-corrected chi connectivity index (χ2v) is 8.29. The number of anilines is 1. The van der Waals surface area contributed by atoms with Gasteiger partial charge in [0.1, 0.15) is 11.5 Å². The third kappa shape index (κ3) is 5.70. The Bertz CT molecular complexity index is 960. The molecule has 0 saturated heterocycles. The molecule has 28 heavy (non-hydrogen) atoms. The lowest BCUT2D eigenvalue weighted by molar-refractivity contribution is -0.118. The van der Waals surface area contributed by atoms with Crippen molar-refractivity contribution in [1.82, 2.24) is 4.98 Å². The highest BCUT2D eigenvalue weighted by Crippen LogP contribution is 2.29. The van der Waals surface area contributed by atoms with Gasteiger partial charge in [-0.3, -0.25) is 10.1 Å². The van der Waals surface area contributed by atoms with Crippen LogP contribution in [0.15, 0.2) is 52.3 Å². The van der Waals surface area contributed by atoms with Gasteiger partial charge in [-0.2, -0.15) is 0 Å². The minimum absolute atomic E-state index is 0.127. The van der Waals surface area contributed by atoms with Crippen molar-refractivity contribution in [2.75, 3.05) is 11.9 Å². The second kappa shape index (κ2) is 9.41. The fraction of sp³-hybridized carbons (Fsp3) is 0.200. The summed E-state index contributed by atoms with van der Waals surface area (Å²) in [6.45, 7) is 3.84. The predicted octanol–water partition coefficient (Wildman–Crippen LogP) is 6.03. The predicted molar refractivity (Wildman–Crippen MR) is 117 cm³/mol. The van der Waals surface area contributed by atoms with E-state index in [2.05, 4.69) is 26.2 Å². The zero-order valence-corrected chi connectivity index (χ0v) is 18.4. The third-order valence-electron chi connectivity index (χ3n) is 3.53. The first-order chi connectivity index (χ1) is 13.4. The first kappa shape index (κ1) is 20.6. The van der Waals surface area contributed by atoms with Gasteiger partial charge in [0.15, 0.2) is 11.7 Å². The maximum Gasteiger partial charge on any atom is 0.264 e. The fourth-order valence-corrected chi connectivity index (χ4v) is 3.86. The lowest BCUT2D eigenvalue weighted by Gasteiger charge is -2.09. The minimum atomic E-state index is -0.288. The number of rotatable bonds is 7. The molecule has 0 aliphatic heterocycles. The van der Waals surface area contributed by atoms with Crippen LogP contribution < -0.4 is 14.8 Å². The molecule has 0 aliphatic rings. The van der Waals surface area contributed by atoms with Crippen LogP contribution in [0.25, 0.3) is 11.3 Å². The number of carbonyl (C=O) groups is 1. The molecule has 1 amide bonds. The van der Waals surface area contributed by atoms with Crippen LogP contribution in [0.5, 0.6) is 11.5 Å². The van der Waals surface area contributed by atoms with E-state index in [0.717, 1.165) is 17.0 Å². The number of nitrogens with zero attached hydrogens (tertiary/aromatic N) is 1. The average molecular weight is 482 g/mol. The standard InChI is InChI=1S/C20H18BrClN2O3S/c1-12(2)27-15-6-3-13(4-7-15)17-11-28-20(23-17)24-19(25)10-26-18-8-5-14(22)9-16(18)21/h3-9,11-12H,10H2,1-2H3,(H,23,24,25). The molecule has 8 heteroatoms. The molecule has 0 atom stereocenters. The number of amides is 1. The molecule has 5 nitrogen and oxygen atoms in total. The smallest absolute Gasteiger partial charge is 0.264 e. The Balaban J connectivity index is 1.57. The van der Waals surface area contributed by atoms with Crippen LogP contribution >= 0.6 is 38.9 Å². The van der Waals surface area contributed by atoms with Crippen molar-refractivity contribution in [3.63, 3.8) is 0 Å². The molecule has 0 fully saturated rings. The van der Waals surface area contributed by atoms with Crippen LogP contribution in [-0.4, -0.2) is 23.6 Å². The Morgan fingerprint density at radius 3 is 2.68 bits per heavy atom. The normalized spacial score (nSPS) is 10.8. The molecule has 0 radical (unpaired) electrons. The Morgan fingerprint density at radius 1 is 1.25 bits per heavy atom. The lowest BCUT2D eigenvalue weighted by atomic mass is 10.2. The Kier molecular flexibility index (Phi) is 6.93. The monoisotopic (exact) mass is 480 g/mol. The first-order valence-electron chi connectivity index (χ1n) is 8.51. The van der Waals surface area contributed by atoms with E-state index in [-0.39, 0.29) is 18.6 Å². The summed E-state index contributed by atoms with van der Waals surface area (Å²) < 4.78 is 11.8. The van der Waals surface area contributed by atoms with E-state index in [1.54, 1.807) is 18.2 Å². The Hall–Kier alpha value is -2.09. The van der Waals surface area contributed by atoms with Gasteiger partial charge < -0.3 is 9.47 Å². The second-order valence-electron chi connectivity index (χ2n) is 6.14. The van der Waals surface area contributed by atoms with Gasteiger partial charge in [0, 0.05) is 16.0 Å². The Labute approximate surface area is 180 Å². The molecule has 3 rings (SSSR count). The summed E-state index contributed by atoms with van der Waals surface area (Å²) in [6.07, 6.45) is 0.127. The summed E-state index contributed by atoms with van der Waals surface area (Å²) in [6, 6.07) is 12.8. The van der Waals surface area contributed by atoms with Gasteiger partial charge in [-0.15, -0.1) is 11.3 Å². The van der Waals surface area contributed by atoms with E-state index in [4.69, 9.17) is 21.1 Å². The molecule has 3 aromatic rings. The molecule has 0 spiro atoms. The van der Waals surface area contributed by atoms with Crippen molar-refractivity contribution in [3.05, 3.63) is 57.3 Å². The van der Waals surface area contributed by atoms with E-state index >= 15 is 0 Å². The number of aromatic nitrogens is 1. The molecule has 0 unspecified atom stereocenters. The zero-order valence-electron chi connectivity index (χ0n) is 15.2. The fourth-order valence-electron chi connectivity index (χ4n) is 2.33. The molecular weight excluding hydrogens is 464 g/mol. The summed E-state index contributed by atoms with van der Waals surface area (Å²) in [5, 5.41) is 5.74. The Morgan fingerprint density at radius 2 is 2.00 bits per heavy atom.